The molecule has 8 heteroatoms. The van der Waals surface area contributed by atoms with Crippen molar-refractivity contribution in [2.45, 2.75) is 19.0 Å². The average Bonchev–Trinajstić information content (AvgIpc) is 3.31. The number of thiophene rings is 1. The lowest BCUT2D eigenvalue weighted by Gasteiger charge is -2.30. The second-order valence-corrected chi connectivity index (χ2v) is 7.55. The molecule has 0 bridgehead atoms. The average molecular weight is 402 g/mol. The molecule has 1 aliphatic heterocycles. The number of carbonyl (C=O) groups is 1. The number of nitro benzene ring substituents is 1. The van der Waals surface area contributed by atoms with E-state index in [9.17, 15) is 14.9 Å². The third kappa shape index (κ3) is 3.24. The van der Waals surface area contributed by atoms with Crippen LogP contribution in [0.5, 0.6) is 0 Å². The van der Waals surface area contributed by atoms with Crippen molar-refractivity contribution in [3.05, 3.63) is 85.3 Å². The standard InChI is InChI=1S/C19H16ClN3O3S/c20-15-5-4-13(11-17(15)23(25)26)19(24)22-9-2-8-21-7-1-3-16(21)18(22)14-6-10-27-12-14/h1,3-7,10-12,18H,2,8-9H2. The van der Waals surface area contributed by atoms with Crippen molar-refractivity contribution in [2.75, 3.05) is 6.54 Å². The molecule has 1 aliphatic rings. The Morgan fingerprint density at radius 1 is 1.26 bits per heavy atom. The van der Waals surface area contributed by atoms with Crippen LogP contribution in [-0.4, -0.2) is 26.8 Å². The van der Waals surface area contributed by atoms with Crippen LogP contribution in [0.4, 0.5) is 5.69 Å². The van der Waals surface area contributed by atoms with E-state index in [-0.39, 0.29) is 28.2 Å². The second kappa shape index (κ2) is 7.17. The van der Waals surface area contributed by atoms with Crippen LogP contribution in [-0.2, 0) is 6.54 Å². The molecule has 1 amide bonds. The fourth-order valence-corrected chi connectivity index (χ4v) is 4.40. The fourth-order valence-electron chi connectivity index (χ4n) is 3.53. The predicted molar refractivity (Wildman–Crippen MR) is 104 cm³/mol. The molecule has 6 nitrogen and oxygen atoms in total. The number of aromatic nitrogens is 1. The summed E-state index contributed by atoms with van der Waals surface area (Å²) in [6.07, 6.45) is 2.83. The number of halogens is 1. The van der Waals surface area contributed by atoms with Gasteiger partial charge < -0.3 is 9.47 Å². The maximum Gasteiger partial charge on any atom is 0.288 e. The topological polar surface area (TPSA) is 68.4 Å². The monoisotopic (exact) mass is 401 g/mol. The summed E-state index contributed by atoms with van der Waals surface area (Å²) in [5.41, 5.74) is 2.10. The molecule has 2 aromatic heterocycles. The molecule has 0 fully saturated rings. The van der Waals surface area contributed by atoms with E-state index < -0.39 is 4.92 Å². The maximum atomic E-state index is 13.3. The fraction of sp³-hybridized carbons (Fsp3) is 0.211. The number of hydrogen-bond acceptors (Lipinski definition) is 4. The molecule has 0 aliphatic carbocycles. The minimum atomic E-state index is -0.566. The van der Waals surface area contributed by atoms with E-state index in [2.05, 4.69) is 4.57 Å². The second-order valence-electron chi connectivity index (χ2n) is 6.36. The molecule has 0 saturated carbocycles. The van der Waals surface area contributed by atoms with E-state index in [1.807, 2.05) is 35.2 Å². The molecular formula is C19H16ClN3O3S. The zero-order chi connectivity index (χ0) is 19.0. The lowest BCUT2D eigenvalue weighted by Crippen LogP contribution is -2.35. The minimum Gasteiger partial charge on any atom is -0.349 e. The summed E-state index contributed by atoms with van der Waals surface area (Å²) in [4.78, 5) is 25.8. The zero-order valence-electron chi connectivity index (χ0n) is 14.2. The van der Waals surface area contributed by atoms with Gasteiger partial charge in [-0.2, -0.15) is 11.3 Å². The highest BCUT2D eigenvalue weighted by atomic mass is 35.5. The van der Waals surface area contributed by atoms with Crippen LogP contribution in [0.1, 0.15) is 34.1 Å². The Morgan fingerprint density at radius 3 is 2.85 bits per heavy atom. The molecular weight excluding hydrogens is 386 g/mol. The van der Waals surface area contributed by atoms with Gasteiger partial charge in [0, 0.05) is 36.6 Å². The van der Waals surface area contributed by atoms with Crippen LogP contribution in [0.3, 0.4) is 0 Å². The number of fused-ring (bicyclic) bond motifs is 1. The van der Waals surface area contributed by atoms with E-state index in [0.717, 1.165) is 24.2 Å². The van der Waals surface area contributed by atoms with E-state index in [1.54, 1.807) is 22.3 Å². The van der Waals surface area contributed by atoms with E-state index in [4.69, 9.17) is 11.6 Å². The maximum absolute atomic E-state index is 13.3. The number of nitrogens with zero attached hydrogens (tertiary/aromatic N) is 3. The predicted octanol–water partition coefficient (Wildman–Crippen LogP) is 4.75. The molecule has 0 spiro atoms. The Labute approximate surface area is 164 Å². The van der Waals surface area contributed by atoms with Gasteiger partial charge in [-0.05, 0) is 53.1 Å². The van der Waals surface area contributed by atoms with Gasteiger partial charge in [0.2, 0.25) is 0 Å². The number of hydrogen-bond donors (Lipinski definition) is 0. The number of amides is 1. The molecule has 0 N–H and O–H groups in total. The molecule has 0 radical (unpaired) electrons. The Balaban J connectivity index is 1.78. The van der Waals surface area contributed by atoms with Gasteiger partial charge in [-0.3, -0.25) is 14.9 Å². The van der Waals surface area contributed by atoms with Crippen LogP contribution >= 0.6 is 22.9 Å². The van der Waals surface area contributed by atoms with E-state index in [0.29, 0.717) is 6.54 Å². The zero-order valence-corrected chi connectivity index (χ0v) is 15.8. The summed E-state index contributed by atoms with van der Waals surface area (Å²) in [5, 5.41) is 15.3. The molecule has 4 rings (SSSR count). The highest BCUT2D eigenvalue weighted by molar-refractivity contribution is 7.08. The first-order valence-corrected chi connectivity index (χ1v) is 9.80. The first-order valence-electron chi connectivity index (χ1n) is 8.48. The summed E-state index contributed by atoms with van der Waals surface area (Å²) < 4.78 is 2.17. The Hall–Kier alpha value is -2.64. The third-order valence-corrected chi connectivity index (χ3v) is 5.79. The van der Waals surface area contributed by atoms with Gasteiger partial charge in [0.05, 0.1) is 11.0 Å². The molecule has 3 aromatic rings. The van der Waals surface area contributed by atoms with Crippen molar-refractivity contribution in [3.63, 3.8) is 0 Å². The van der Waals surface area contributed by atoms with Gasteiger partial charge >= 0.3 is 0 Å². The first-order chi connectivity index (χ1) is 13.1. The minimum absolute atomic E-state index is 0.0238. The van der Waals surface area contributed by atoms with Gasteiger partial charge in [0.1, 0.15) is 5.02 Å². The number of carbonyl (C=O) groups excluding carboxylic acids is 1. The molecule has 0 saturated heterocycles. The highest BCUT2D eigenvalue weighted by Crippen LogP contribution is 2.35. The molecule has 1 aromatic carbocycles. The Bertz CT molecular complexity index is 1000. The number of aryl methyl sites for hydroxylation is 1. The quantitative estimate of drug-likeness (QED) is 0.470. The van der Waals surface area contributed by atoms with Gasteiger partial charge in [0.15, 0.2) is 0 Å². The molecule has 1 atom stereocenters. The van der Waals surface area contributed by atoms with Crippen LogP contribution in [0.25, 0.3) is 0 Å². The number of benzene rings is 1. The van der Waals surface area contributed by atoms with Crippen LogP contribution in [0.15, 0.2) is 53.4 Å². The molecule has 3 heterocycles. The van der Waals surface area contributed by atoms with E-state index in [1.165, 1.54) is 12.1 Å². The summed E-state index contributed by atoms with van der Waals surface area (Å²) in [7, 11) is 0. The first kappa shape index (κ1) is 17.8. The van der Waals surface area contributed by atoms with Crippen molar-refractivity contribution >= 4 is 34.5 Å². The summed E-state index contributed by atoms with van der Waals surface area (Å²) in [5.74, 6) is -0.236. The van der Waals surface area contributed by atoms with Crippen LogP contribution in [0.2, 0.25) is 5.02 Å². The Morgan fingerprint density at radius 2 is 2.11 bits per heavy atom. The normalized spacial score (nSPS) is 16.6. The van der Waals surface area contributed by atoms with Crippen LogP contribution in [0, 0.1) is 10.1 Å². The lowest BCUT2D eigenvalue weighted by molar-refractivity contribution is -0.384. The third-order valence-electron chi connectivity index (χ3n) is 4.76. The Kier molecular flexibility index (Phi) is 4.72. The smallest absolute Gasteiger partial charge is 0.288 e. The van der Waals surface area contributed by atoms with Gasteiger partial charge in [-0.15, -0.1) is 0 Å². The van der Waals surface area contributed by atoms with Crippen molar-refractivity contribution < 1.29 is 9.72 Å². The van der Waals surface area contributed by atoms with Gasteiger partial charge in [-0.1, -0.05) is 11.6 Å². The van der Waals surface area contributed by atoms with Crippen LogP contribution < -0.4 is 0 Å². The van der Waals surface area contributed by atoms with Gasteiger partial charge in [-0.25, -0.2) is 0 Å². The SMILES string of the molecule is O=C(c1ccc(Cl)c([N+](=O)[O-])c1)N1CCCn2cccc2C1c1ccsc1. The van der Waals surface area contributed by atoms with Crippen molar-refractivity contribution in [3.8, 4) is 0 Å². The van der Waals surface area contributed by atoms with E-state index >= 15 is 0 Å². The van der Waals surface area contributed by atoms with Crippen molar-refractivity contribution in [2.24, 2.45) is 0 Å². The summed E-state index contributed by atoms with van der Waals surface area (Å²) in [6, 6.07) is 10.0. The largest absolute Gasteiger partial charge is 0.349 e. The molecule has 138 valence electrons. The number of nitro groups is 1. The van der Waals surface area contributed by atoms with Crippen molar-refractivity contribution in [1.82, 2.24) is 9.47 Å². The summed E-state index contributed by atoms with van der Waals surface area (Å²) in [6.45, 7) is 1.39. The van der Waals surface area contributed by atoms with Gasteiger partial charge in [0.25, 0.3) is 11.6 Å². The molecule has 1 unspecified atom stereocenters. The molecule has 27 heavy (non-hydrogen) atoms. The summed E-state index contributed by atoms with van der Waals surface area (Å²) >= 11 is 7.48. The number of rotatable bonds is 3. The lowest BCUT2D eigenvalue weighted by atomic mass is 10.0. The van der Waals surface area contributed by atoms with Crippen molar-refractivity contribution in [1.29, 1.82) is 0 Å². The highest BCUT2D eigenvalue weighted by Gasteiger charge is 2.32.